The Bertz CT molecular complexity index is 546. The quantitative estimate of drug-likeness (QED) is 0.863. The smallest absolute Gasteiger partial charge is 0.224 e. The second-order valence-corrected chi connectivity index (χ2v) is 4.27. The van der Waals surface area contributed by atoms with Crippen LogP contribution in [0.15, 0.2) is 34.9 Å². The Morgan fingerprint density at radius 1 is 1.37 bits per heavy atom. The van der Waals surface area contributed by atoms with Crippen molar-refractivity contribution in [3.05, 3.63) is 36.4 Å². The summed E-state index contributed by atoms with van der Waals surface area (Å²) in [5.74, 6) is 0.615. The first-order valence-electron chi connectivity index (χ1n) is 6.21. The van der Waals surface area contributed by atoms with E-state index < -0.39 is 0 Å². The molecule has 0 aliphatic heterocycles. The van der Waals surface area contributed by atoms with E-state index in [2.05, 4.69) is 10.3 Å². The highest BCUT2D eigenvalue weighted by Gasteiger charge is 2.05. The minimum Gasteiger partial charge on any atom is -0.449 e. The Kier molecular flexibility index (Phi) is 4.30. The van der Waals surface area contributed by atoms with E-state index in [4.69, 9.17) is 10.2 Å². The van der Waals surface area contributed by atoms with E-state index in [0.29, 0.717) is 25.3 Å². The van der Waals surface area contributed by atoms with E-state index in [1.807, 2.05) is 24.3 Å². The summed E-state index contributed by atoms with van der Waals surface area (Å²) in [6, 6.07) is 7.49. The number of aryl methyl sites for hydroxylation is 1. The number of amides is 1. The van der Waals surface area contributed by atoms with Crippen molar-refractivity contribution < 1.29 is 9.21 Å². The lowest BCUT2D eigenvalue weighted by molar-refractivity contribution is -0.116. The summed E-state index contributed by atoms with van der Waals surface area (Å²) in [5.41, 5.74) is 7.88. The van der Waals surface area contributed by atoms with Crippen molar-refractivity contribution in [3.8, 4) is 11.3 Å². The van der Waals surface area contributed by atoms with Crippen LogP contribution in [0.25, 0.3) is 11.3 Å². The molecule has 0 fully saturated rings. The lowest BCUT2D eigenvalue weighted by atomic mass is 10.1. The number of rotatable bonds is 5. The highest BCUT2D eigenvalue weighted by Crippen LogP contribution is 2.20. The van der Waals surface area contributed by atoms with Crippen molar-refractivity contribution in [1.29, 1.82) is 0 Å². The van der Waals surface area contributed by atoms with Crippen LogP contribution in [0.3, 0.4) is 0 Å². The molecule has 0 saturated carbocycles. The van der Waals surface area contributed by atoms with Crippen LogP contribution >= 0.6 is 0 Å². The second kappa shape index (κ2) is 6.15. The van der Waals surface area contributed by atoms with Gasteiger partial charge in [-0.2, -0.15) is 0 Å². The van der Waals surface area contributed by atoms with Crippen molar-refractivity contribution in [2.45, 2.75) is 19.8 Å². The van der Waals surface area contributed by atoms with Crippen LogP contribution in [-0.2, 0) is 4.79 Å². The maximum Gasteiger partial charge on any atom is 0.224 e. The van der Waals surface area contributed by atoms with Gasteiger partial charge in [-0.3, -0.25) is 4.79 Å². The number of hydrogen-bond acceptors (Lipinski definition) is 4. The van der Waals surface area contributed by atoms with E-state index in [1.165, 1.54) is 0 Å². The molecule has 100 valence electrons. The van der Waals surface area contributed by atoms with Crippen LogP contribution in [0.2, 0.25) is 0 Å². The van der Waals surface area contributed by atoms with Gasteiger partial charge < -0.3 is 15.5 Å². The molecule has 0 bridgehead atoms. The standard InChI is InChI=1S/C14H17N3O2/c1-10-16-13(9-19-10)11-4-6-12(7-5-11)17-14(18)3-2-8-15/h4-7,9H,2-3,8,15H2,1H3,(H,17,18). The fourth-order valence-electron chi connectivity index (χ4n) is 1.71. The molecule has 0 spiro atoms. The third-order valence-corrected chi connectivity index (χ3v) is 2.69. The van der Waals surface area contributed by atoms with Crippen LogP contribution < -0.4 is 11.1 Å². The van der Waals surface area contributed by atoms with Crippen molar-refractivity contribution in [1.82, 2.24) is 4.98 Å². The van der Waals surface area contributed by atoms with Gasteiger partial charge in [0.2, 0.25) is 5.91 Å². The Morgan fingerprint density at radius 2 is 2.11 bits per heavy atom. The minimum atomic E-state index is -0.0181. The van der Waals surface area contributed by atoms with E-state index >= 15 is 0 Å². The SMILES string of the molecule is Cc1nc(-c2ccc(NC(=O)CCCN)cc2)co1. The summed E-state index contributed by atoms with van der Waals surface area (Å²) < 4.78 is 5.17. The molecule has 1 aromatic heterocycles. The van der Waals surface area contributed by atoms with Gasteiger partial charge in [-0.1, -0.05) is 12.1 Å². The predicted molar refractivity (Wildman–Crippen MR) is 73.6 cm³/mol. The Labute approximate surface area is 111 Å². The maximum atomic E-state index is 11.5. The van der Waals surface area contributed by atoms with E-state index in [-0.39, 0.29) is 5.91 Å². The normalized spacial score (nSPS) is 10.4. The van der Waals surface area contributed by atoms with Crippen molar-refractivity contribution in [2.75, 3.05) is 11.9 Å². The number of nitrogens with two attached hydrogens (primary N) is 1. The number of aromatic nitrogens is 1. The maximum absolute atomic E-state index is 11.5. The molecule has 0 radical (unpaired) electrons. The zero-order chi connectivity index (χ0) is 13.7. The molecular weight excluding hydrogens is 242 g/mol. The summed E-state index contributed by atoms with van der Waals surface area (Å²) in [6.45, 7) is 2.33. The molecule has 2 aromatic rings. The number of oxazole rings is 1. The first-order valence-corrected chi connectivity index (χ1v) is 6.21. The van der Waals surface area contributed by atoms with E-state index in [0.717, 1.165) is 16.9 Å². The summed E-state index contributed by atoms with van der Waals surface area (Å²) in [5, 5.41) is 2.82. The lowest BCUT2D eigenvalue weighted by Crippen LogP contribution is -2.13. The summed E-state index contributed by atoms with van der Waals surface area (Å²) in [6.07, 6.45) is 2.76. The van der Waals surface area contributed by atoms with Crippen LogP contribution in [0.4, 0.5) is 5.69 Å². The van der Waals surface area contributed by atoms with Gasteiger partial charge >= 0.3 is 0 Å². The fraction of sp³-hybridized carbons (Fsp3) is 0.286. The third-order valence-electron chi connectivity index (χ3n) is 2.69. The zero-order valence-corrected chi connectivity index (χ0v) is 10.8. The molecule has 0 atom stereocenters. The van der Waals surface area contributed by atoms with Gasteiger partial charge in [0.1, 0.15) is 12.0 Å². The molecule has 3 N–H and O–H groups in total. The summed E-state index contributed by atoms with van der Waals surface area (Å²) in [4.78, 5) is 15.8. The number of nitrogens with one attached hydrogen (secondary N) is 1. The van der Waals surface area contributed by atoms with Gasteiger partial charge in [0.15, 0.2) is 5.89 Å². The number of carbonyl (C=O) groups excluding carboxylic acids is 1. The van der Waals surface area contributed by atoms with Crippen LogP contribution in [-0.4, -0.2) is 17.4 Å². The zero-order valence-electron chi connectivity index (χ0n) is 10.8. The van der Waals surface area contributed by atoms with E-state index in [9.17, 15) is 4.79 Å². The molecular formula is C14H17N3O2. The number of nitrogens with zero attached hydrogens (tertiary/aromatic N) is 1. The van der Waals surface area contributed by atoms with Gasteiger partial charge in [-0.15, -0.1) is 0 Å². The molecule has 1 aromatic carbocycles. The topological polar surface area (TPSA) is 81.2 Å². The van der Waals surface area contributed by atoms with E-state index in [1.54, 1.807) is 13.2 Å². The Balaban J connectivity index is 2.00. The van der Waals surface area contributed by atoms with Crippen molar-refractivity contribution in [2.24, 2.45) is 5.73 Å². The summed E-state index contributed by atoms with van der Waals surface area (Å²) >= 11 is 0. The average Bonchev–Trinajstić information content (AvgIpc) is 2.84. The lowest BCUT2D eigenvalue weighted by Gasteiger charge is -2.05. The number of hydrogen-bond donors (Lipinski definition) is 2. The summed E-state index contributed by atoms with van der Waals surface area (Å²) in [7, 11) is 0. The van der Waals surface area contributed by atoms with Gasteiger partial charge in [0.05, 0.1) is 0 Å². The molecule has 1 heterocycles. The van der Waals surface area contributed by atoms with Crippen LogP contribution in [0.5, 0.6) is 0 Å². The molecule has 0 aliphatic carbocycles. The molecule has 0 aliphatic rings. The van der Waals surface area contributed by atoms with Gasteiger partial charge in [0, 0.05) is 24.6 Å². The minimum absolute atomic E-state index is 0.0181. The predicted octanol–water partition coefficient (Wildman–Crippen LogP) is 2.33. The number of benzene rings is 1. The molecule has 19 heavy (non-hydrogen) atoms. The molecule has 5 heteroatoms. The highest BCUT2D eigenvalue weighted by atomic mass is 16.3. The van der Waals surface area contributed by atoms with Crippen LogP contribution in [0.1, 0.15) is 18.7 Å². The van der Waals surface area contributed by atoms with Gasteiger partial charge in [-0.05, 0) is 25.1 Å². The average molecular weight is 259 g/mol. The van der Waals surface area contributed by atoms with Crippen LogP contribution in [0, 0.1) is 6.92 Å². The Hall–Kier alpha value is -2.14. The molecule has 2 rings (SSSR count). The van der Waals surface area contributed by atoms with Crippen molar-refractivity contribution >= 4 is 11.6 Å². The van der Waals surface area contributed by atoms with Gasteiger partial charge in [-0.25, -0.2) is 4.98 Å². The first kappa shape index (κ1) is 13.3. The monoisotopic (exact) mass is 259 g/mol. The molecule has 1 amide bonds. The molecule has 0 unspecified atom stereocenters. The largest absolute Gasteiger partial charge is 0.449 e. The highest BCUT2D eigenvalue weighted by molar-refractivity contribution is 5.90. The van der Waals surface area contributed by atoms with Crippen molar-refractivity contribution in [3.63, 3.8) is 0 Å². The molecule has 0 saturated heterocycles. The second-order valence-electron chi connectivity index (χ2n) is 4.27. The fourth-order valence-corrected chi connectivity index (χ4v) is 1.71. The molecule has 5 nitrogen and oxygen atoms in total. The van der Waals surface area contributed by atoms with Gasteiger partial charge in [0.25, 0.3) is 0 Å². The Morgan fingerprint density at radius 3 is 2.68 bits per heavy atom. The first-order chi connectivity index (χ1) is 9.19. The number of anilines is 1. The third kappa shape index (κ3) is 3.66. The number of carbonyl (C=O) groups is 1.